The second-order valence-corrected chi connectivity index (χ2v) is 2.89. The normalized spacial score (nSPS) is 11.5. The Bertz CT molecular complexity index is 412. The molecule has 1 aromatic rings. The third kappa shape index (κ3) is 5.45. The van der Waals surface area contributed by atoms with Gasteiger partial charge in [-0.25, -0.2) is 4.79 Å². The molecule has 0 saturated carbocycles. The number of carbonyl (C=O) groups is 1. The number of benzene rings is 1. The maximum atomic E-state index is 11.8. The number of aliphatic carboxylic acids is 1. The van der Waals surface area contributed by atoms with E-state index in [0.717, 1.165) is 24.4 Å². The lowest BCUT2D eigenvalue weighted by atomic mass is 10.3. The zero-order valence-electron chi connectivity index (χ0n) is 8.36. The third-order valence-electron chi connectivity index (χ3n) is 1.56. The zero-order valence-corrected chi connectivity index (χ0v) is 8.36. The van der Waals surface area contributed by atoms with Crippen LogP contribution in [-0.4, -0.2) is 17.4 Å². The van der Waals surface area contributed by atoms with Crippen molar-refractivity contribution in [1.82, 2.24) is 0 Å². The number of hydrogen-bond acceptors (Lipinski definition) is 3. The highest BCUT2D eigenvalue weighted by atomic mass is 19.4. The van der Waals surface area contributed by atoms with Crippen molar-refractivity contribution in [2.45, 2.75) is 6.36 Å². The van der Waals surface area contributed by atoms with Gasteiger partial charge in [0.15, 0.2) is 0 Å². The summed E-state index contributed by atoms with van der Waals surface area (Å²) in [5.41, 5.74) is 0.442. The van der Waals surface area contributed by atoms with Crippen molar-refractivity contribution in [2.24, 2.45) is 0 Å². The van der Waals surface area contributed by atoms with Gasteiger partial charge < -0.3 is 15.2 Å². The van der Waals surface area contributed by atoms with Crippen LogP contribution in [0.5, 0.6) is 5.75 Å². The highest BCUT2D eigenvalue weighted by molar-refractivity contribution is 5.80. The maximum absolute atomic E-state index is 11.8. The number of alkyl halides is 3. The second-order valence-electron chi connectivity index (χ2n) is 2.89. The second kappa shape index (κ2) is 5.24. The van der Waals surface area contributed by atoms with Gasteiger partial charge in [0.2, 0.25) is 0 Å². The van der Waals surface area contributed by atoms with Gasteiger partial charge in [0.05, 0.1) is 0 Å². The lowest BCUT2D eigenvalue weighted by Crippen LogP contribution is -2.16. The molecule has 0 unspecified atom stereocenters. The molecule has 0 amide bonds. The van der Waals surface area contributed by atoms with Gasteiger partial charge in [-0.05, 0) is 24.3 Å². The van der Waals surface area contributed by atoms with Crippen LogP contribution in [0.15, 0.2) is 36.5 Å². The number of rotatable bonds is 4. The average molecular weight is 247 g/mol. The highest BCUT2D eigenvalue weighted by Crippen LogP contribution is 2.23. The number of anilines is 1. The maximum Gasteiger partial charge on any atom is 0.573 e. The van der Waals surface area contributed by atoms with Crippen LogP contribution in [0.25, 0.3) is 0 Å². The summed E-state index contributed by atoms with van der Waals surface area (Å²) in [5.74, 6) is -1.47. The van der Waals surface area contributed by atoms with E-state index in [0.29, 0.717) is 5.69 Å². The van der Waals surface area contributed by atoms with E-state index in [1.165, 1.54) is 12.1 Å². The topological polar surface area (TPSA) is 58.6 Å². The number of carboxylic acids is 1. The molecule has 92 valence electrons. The van der Waals surface area contributed by atoms with Gasteiger partial charge in [0.1, 0.15) is 5.75 Å². The summed E-state index contributed by atoms with van der Waals surface area (Å²) in [6, 6.07) is 4.88. The molecule has 0 aromatic heterocycles. The smallest absolute Gasteiger partial charge is 0.478 e. The van der Waals surface area contributed by atoms with Crippen LogP contribution in [0.3, 0.4) is 0 Å². The number of nitrogens with one attached hydrogen (secondary N) is 1. The van der Waals surface area contributed by atoms with Crippen LogP contribution in [0.1, 0.15) is 0 Å². The fraction of sp³-hybridized carbons (Fsp3) is 0.100. The summed E-state index contributed by atoms with van der Waals surface area (Å²) in [7, 11) is 0. The van der Waals surface area contributed by atoms with Crippen molar-refractivity contribution >= 4 is 11.7 Å². The molecule has 0 fully saturated rings. The Morgan fingerprint density at radius 1 is 1.29 bits per heavy atom. The van der Waals surface area contributed by atoms with Gasteiger partial charge in [-0.15, -0.1) is 13.2 Å². The Hall–Kier alpha value is -2.18. The highest BCUT2D eigenvalue weighted by Gasteiger charge is 2.30. The standard InChI is InChI=1S/C10H8F3NO3/c11-10(12,13)17-8-3-1-7(2-4-8)14-6-5-9(15)16/h1-6,14H,(H,15,16)/b6-5+. The van der Waals surface area contributed by atoms with Crippen LogP contribution in [0.2, 0.25) is 0 Å². The Morgan fingerprint density at radius 3 is 2.35 bits per heavy atom. The van der Waals surface area contributed by atoms with Crippen molar-refractivity contribution < 1.29 is 27.8 Å². The minimum absolute atomic E-state index is 0.342. The molecule has 0 bridgehead atoms. The summed E-state index contributed by atoms with van der Waals surface area (Å²) >= 11 is 0. The minimum atomic E-state index is -4.72. The molecule has 0 heterocycles. The van der Waals surface area contributed by atoms with Gasteiger partial charge >= 0.3 is 12.3 Å². The van der Waals surface area contributed by atoms with Gasteiger partial charge in [-0.1, -0.05) is 0 Å². The first-order valence-corrected chi connectivity index (χ1v) is 4.38. The summed E-state index contributed by atoms with van der Waals surface area (Å²) in [6.45, 7) is 0. The largest absolute Gasteiger partial charge is 0.573 e. The molecule has 0 spiro atoms. The summed E-state index contributed by atoms with van der Waals surface area (Å²) < 4.78 is 39.1. The SMILES string of the molecule is O=C(O)/C=C/Nc1ccc(OC(F)(F)F)cc1. The van der Waals surface area contributed by atoms with Crippen molar-refractivity contribution in [2.75, 3.05) is 5.32 Å². The summed E-state index contributed by atoms with van der Waals surface area (Å²) in [5, 5.41) is 10.9. The van der Waals surface area contributed by atoms with E-state index >= 15 is 0 Å². The molecule has 1 aromatic carbocycles. The number of ether oxygens (including phenoxy) is 1. The van der Waals surface area contributed by atoms with E-state index in [1.54, 1.807) is 0 Å². The Morgan fingerprint density at radius 2 is 1.88 bits per heavy atom. The quantitative estimate of drug-likeness (QED) is 0.803. The third-order valence-corrected chi connectivity index (χ3v) is 1.56. The molecule has 0 aliphatic heterocycles. The van der Waals surface area contributed by atoms with Gasteiger partial charge in [-0.2, -0.15) is 0 Å². The summed E-state index contributed by atoms with van der Waals surface area (Å²) in [4.78, 5) is 10.1. The molecule has 0 aliphatic carbocycles. The van der Waals surface area contributed by atoms with E-state index in [2.05, 4.69) is 10.1 Å². The van der Waals surface area contributed by atoms with Crippen molar-refractivity contribution in [1.29, 1.82) is 0 Å². The Labute approximate surface area is 94.3 Å². The van der Waals surface area contributed by atoms with Crippen LogP contribution in [0, 0.1) is 0 Å². The average Bonchev–Trinajstić information content (AvgIpc) is 2.18. The molecule has 0 atom stereocenters. The minimum Gasteiger partial charge on any atom is -0.478 e. The van der Waals surface area contributed by atoms with Crippen molar-refractivity contribution in [3.8, 4) is 5.75 Å². The first-order chi connectivity index (χ1) is 7.87. The van der Waals surface area contributed by atoms with Gasteiger partial charge in [0.25, 0.3) is 0 Å². The molecule has 0 saturated heterocycles. The van der Waals surface area contributed by atoms with Crippen LogP contribution < -0.4 is 10.1 Å². The van der Waals surface area contributed by atoms with Crippen LogP contribution in [0.4, 0.5) is 18.9 Å². The lowest BCUT2D eigenvalue weighted by molar-refractivity contribution is -0.274. The lowest BCUT2D eigenvalue weighted by Gasteiger charge is -2.09. The number of carboxylic acid groups (broad SMARTS) is 1. The molecule has 7 heteroatoms. The predicted octanol–water partition coefficient (Wildman–Crippen LogP) is 2.60. The Balaban J connectivity index is 2.59. The molecule has 0 radical (unpaired) electrons. The van der Waals surface area contributed by atoms with E-state index in [1.807, 2.05) is 0 Å². The summed E-state index contributed by atoms with van der Waals surface area (Å²) in [6.07, 6.45) is -2.71. The van der Waals surface area contributed by atoms with Crippen molar-refractivity contribution in [3.63, 3.8) is 0 Å². The molecule has 17 heavy (non-hydrogen) atoms. The monoisotopic (exact) mass is 247 g/mol. The molecule has 0 aliphatic rings. The van der Waals surface area contributed by atoms with Gasteiger partial charge in [-0.3, -0.25) is 0 Å². The van der Waals surface area contributed by atoms with Gasteiger partial charge in [0, 0.05) is 18.0 Å². The fourth-order valence-corrected chi connectivity index (χ4v) is 0.962. The van der Waals surface area contributed by atoms with Crippen LogP contribution >= 0.6 is 0 Å². The first-order valence-electron chi connectivity index (χ1n) is 4.38. The first kappa shape index (κ1) is 12.9. The van der Waals surface area contributed by atoms with E-state index in [4.69, 9.17) is 5.11 Å². The molecular formula is C10H8F3NO3. The molecular weight excluding hydrogens is 239 g/mol. The van der Waals surface area contributed by atoms with E-state index < -0.39 is 12.3 Å². The Kier molecular flexibility index (Phi) is 3.97. The molecule has 2 N–H and O–H groups in total. The van der Waals surface area contributed by atoms with E-state index in [9.17, 15) is 18.0 Å². The molecule has 4 nitrogen and oxygen atoms in total. The van der Waals surface area contributed by atoms with Crippen LogP contribution in [-0.2, 0) is 4.79 Å². The number of hydrogen-bond donors (Lipinski definition) is 2. The predicted molar refractivity (Wildman–Crippen MR) is 53.5 cm³/mol. The van der Waals surface area contributed by atoms with Crippen molar-refractivity contribution in [3.05, 3.63) is 36.5 Å². The van der Waals surface area contributed by atoms with E-state index in [-0.39, 0.29) is 5.75 Å². The fourth-order valence-electron chi connectivity index (χ4n) is 0.962. The number of halogens is 3. The molecule has 1 rings (SSSR count). The zero-order chi connectivity index (χ0) is 12.9.